The summed E-state index contributed by atoms with van der Waals surface area (Å²) >= 11 is 0. The van der Waals surface area contributed by atoms with Crippen LogP contribution in [0.4, 0.5) is 5.69 Å². The van der Waals surface area contributed by atoms with Crippen LogP contribution in [0.25, 0.3) is 11.1 Å². The molecule has 2 aromatic rings. The van der Waals surface area contributed by atoms with Gasteiger partial charge in [0.2, 0.25) is 0 Å². The van der Waals surface area contributed by atoms with E-state index in [9.17, 15) is 5.11 Å². The van der Waals surface area contributed by atoms with Crippen molar-refractivity contribution in [1.82, 2.24) is 0 Å². The molecule has 2 aromatic carbocycles. The highest BCUT2D eigenvalue weighted by atomic mass is 16.3. The summed E-state index contributed by atoms with van der Waals surface area (Å²) < 4.78 is 0. The van der Waals surface area contributed by atoms with Gasteiger partial charge in [-0.25, -0.2) is 0 Å². The Bertz CT molecular complexity index is 492. The van der Waals surface area contributed by atoms with Crippen LogP contribution in [0.5, 0.6) is 5.75 Å². The van der Waals surface area contributed by atoms with Crippen molar-refractivity contribution in [2.45, 2.75) is 6.92 Å². The number of anilines is 1. The Morgan fingerprint density at radius 1 is 1.00 bits per heavy atom. The van der Waals surface area contributed by atoms with Crippen LogP contribution >= 0.6 is 0 Å². The number of aromatic hydroxyl groups is 1. The number of nitrogen functional groups attached to an aromatic ring is 1. The predicted molar refractivity (Wildman–Crippen MR) is 62.7 cm³/mol. The van der Waals surface area contributed by atoms with E-state index < -0.39 is 0 Å². The maximum Gasteiger partial charge on any atom is 0.123 e. The number of hydrogen-bond acceptors (Lipinski definition) is 2. The molecule has 0 saturated carbocycles. The fraction of sp³-hybridized carbons (Fsp3) is 0.0769. The molecular weight excluding hydrogens is 186 g/mol. The van der Waals surface area contributed by atoms with Crippen LogP contribution in [0, 0.1) is 6.92 Å². The van der Waals surface area contributed by atoms with E-state index in [0.717, 1.165) is 16.7 Å². The first-order valence-corrected chi connectivity index (χ1v) is 4.83. The average Bonchev–Trinajstić information content (AvgIpc) is 2.20. The molecule has 2 nitrogen and oxygen atoms in total. The van der Waals surface area contributed by atoms with Crippen LogP contribution in [0.1, 0.15) is 5.56 Å². The number of aryl methyl sites for hydroxylation is 1. The van der Waals surface area contributed by atoms with E-state index in [1.54, 1.807) is 12.1 Å². The molecule has 3 N–H and O–H groups in total. The van der Waals surface area contributed by atoms with Crippen molar-refractivity contribution in [3.8, 4) is 16.9 Å². The predicted octanol–water partition coefficient (Wildman–Crippen LogP) is 2.95. The van der Waals surface area contributed by atoms with Gasteiger partial charge in [0.1, 0.15) is 5.75 Å². The highest BCUT2D eigenvalue weighted by Crippen LogP contribution is 2.32. The van der Waals surface area contributed by atoms with Gasteiger partial charge in [-0.1, -0.05) is 30.3 Å². The van der Waals surface area contributed by atoms with E-state index in [1.807, 2.05) is 37.3 Å². The zero-order chi connectivity index (χ0) is 10.8. The SMILES string of the molecule is Cc1ccc(-c2ccccc2O)c(N)c1. The molecule has 0 bridgehead atoms. The first-order chi connectivity index (χ1) is 7.18. The molecule has 0 aliphatic rings. The molecule has 0 fully saturated rings. The van der Waals surface area contributed by atoms with Gasteiger partial charge in [-0.2, -0.15) is 0 Å². The third kappa shape index (κ3) is 1.79. The van der Waals surface area contributed by atoms with Crippen LogP contribution in [-0.2, 0) is 0 Å². The highest BCUT2D eigenvalue weighted by Gasteiger charge is 2.06. The summed E-state index contributed by atoms with van der Waals surface area (Å²) in [6, 6.07) is 13.0. The van der Waals surface area contributed by atoms with Gasteiger partial charge >= 0.3 is 0 Å². The minimum atomic E-state index is 0.257. The zero-order valence-corrected chi connectivity index (χ0v) is 8.57. The molecular formula is C13H13NO. The van der Waals surface area contributed by atoms with E-state index >= 15 is 0 Å². The smallest absolute Gasteiger partial charge is 0.123 e. The van der Waals surface area contributed by atoms with E-state index in [0.29, 0.717) is 5.69 Å². The molecule has 0 aromatic heterocycles. The summed E-state index contributed by atoms with van der Waals surface area (Å²) in [6.07, 6.45) is 0. The number of para-hydroxylation sites is 1. The number of nitrogens with two attached hydrogens (primary N) is 1. The van der Waals surface area contributed by atoms with Crippen LogP contribution in [0.3, 0.4) is 0 Å². The van der Waals surface area contributed by atoms with Crippen molar-refractivity contribution in [2.24, 2.45) is 0 Å². The monoisotopic (exact) mass is 199 g/mol. The van der Waals surface area contributed by atoms with E-state index in [1.165, 1.54) is 0 Å². The van der Waals surface area contributed by atoms with Gasteiger partial charge in [0.15, 0.2) is 0 Å². The van der Waals surface area contributed by atoms with Crippen LogP contribution in [-0.4, -0.2) is 5.11 Å². The lowest BCUT2D eigenvalue weighted by molar-refractivity contribution is 0.477. The molecule has 76 valence electrons. The molecule has 0 aliphatic heterocycles. The number of rotatable bonds is 1. The normalized spacial score (nSPS) is 10.2. The molecule has 0 atom stereocenters. The molecule has 2 heteroatoms. The van der Waals surface area contributed by atoms with Gasteiger partial charge in [0.25, 0.3) is 0 Å². The Morgan fingerprint density at radius 2 is 1.73 bits per heavy atom. The van der Waals surface area contributed by atoms with Crippen LogP contribution < -0.4 is 5.73 Å². The molecule has 2 rings (SSSR count). The van der Waals surface area contributed by atoms with Gasteiger partial charge < -0.3 is 10.8 Å². The lowest BCUT2D eigenvalue weighted by Crippen LogP contribution is -1.90. The zero-order valence-electron chi connectivity index (χ0n) is 8.57. The van der Waals surface area contributed by atoms with Crippen molar-refractivity contribution >= 4 is 5.69 Å². The molecule has 0 aliphatic carbocycles. The van der Waals surface area contributed by atoms with Crippen molar-refractivity contribution in [2.75, 3.05) is 5.73 Å². The standard InChI is InChI=1S/C13H13NO/c1-9-6-7-10(12(14)8-9)11-4-2-3-5-13(11)15/h2-8,15H,14H2,1H3. The van der Waals surface area contributed by atoms with E-state index in [4.69, 9.17) is 5.73 Å². The Balaban J connectivity index is 2.60. The summed E-state index contributed by atoms with van der Waals surface area (Å²) in [5.74, 6) is 0.257. The third-order valence-corrected chi connectivity index (χ3v) is 2.40. The van der Waals surface area contributed by atoms with Crippen molar-refractivity contribution in [3.63, 3.8) is 0 Å². The molecule has 15 heavy (non-hydrogen) atoms. The minimum Gasteiger partial charge on any atom is -0.507 e. The quantitative estimate of drug-likeness (QED) is 0.693. The van der Waals surface area contributed by atoms with Crippen molar-refractivity contribution < 1.29 is 5.11 Å². The molecule has 0 amide bonds. The van der Waals surface area contributed by atoms with Crippen LogP contribution in [0.15, 0.2) is 42.5 Å². The Hall–Kier alpha value is -1.96. The van der Waals surface area contributed by atoms with Gasteiger partial charge in [-0.3, -0.25) is 0 Å². The maximum absolute atomic E-state index is 9.70. The lowest BCUT2D eigenvalue weighted by atomic mass is 10.0. The highest BCUT2D eigenvalue weighted by molar-refractivity contribution is 5.80. The molecule has 0 radical (unpaired) electrons. The number of phenolic OH excluding ortho intramolecular Hbond substituents is 1. The fourth-order valence-electron chi connectivity index (χ4n) is 1.63. The summed E-state index contributed by atoms with van der Waals surface area (Å²) in [6.45, 7) is 1.99. The second-order valence-corrected chi connectivity index (χ2v) is 3.61. The van der Waals surface area contributed by atoms with E-state index in [-0.39, 0.29) is 5.75 Å². The van der Waals surface area contributed by atoms with E-state index in [2.05, 4.69) is 0 Å². The van der Waals surface area contributed by atoms with Gasteiger partial charge in [0.05, 0.1) is 0 Å². The second kappa shape index (κ2) is 3.65. The summed E-state index contributed by atoms with van der Waals surface area (Å²) in [5, 5.41) is 9.70. The van der Waals surface area contributed by atoms with Crippen molar-refractivity contribution in [1.29, 1.82) is 0 Å². The summed E-state index contributed by atoms with van der Waals surface area (Å²) in [7, 11) is 0. The summed E-state index contributed by atoms with van der Waals surface area (Å²) in [4.78, 5) is 0. The van der Waals surface area contributed by atoms with Gasteiger partial charge in [0, 0.05) is 16.8 Å². The molecule has 0 unspecified atom stereocenters. The largest absolute Gasteiger partial charge is 0.507 e. The lowest BCUT2D eigenvalue weighted by Gasteiger charge is -2.08. The second-order valence-electron chi connectivity index (χ2n) is 3.61. The number of hydrogen-bond donors (Lipinski definition) is 2. The molecule has 0 spiro atoms. The van der Waals surface area contributed by atoms with Gasteiger partial charge in [-0.05, 0) is 24.6 Å². The van der Waals surface area contributed by atoms with Crippen molar-refractivity contribution in [3.05, 3.63) is 48.0 Å². The summed E-state index contributed by atoms with van der Waals surface area (Å²) in [5.41, 5.74) is 9.37. The number of benzene rings is 2. The first kappa shape index (κ1) is 9.59. The molecule has 0 heterocycles. The topological polar surface area (TPSA) is 46.2 Å². The average molecular weight is 199 g/mol. The minimum absolute atomic E-state index is 0.257. The third-order valence-electron chi connectivity index (χ3n) is 2.40. The number of phenols is 1. The van der Waals surface area contributed by atoms with Crippen LogP contribution in [0.2, 0.25) is 0 Å². The molecule has 0 saturated heterocycles. The maximum atomic E-state index is 9.70. The van der Waals surface area contributed by atoms with Gasteiger partial charge in [-0.15, -0.1) is 0 Å². The first-order valence-electron chi connectivity index (χ1n) is 4.83. The fourth-order valence-corrected chi connectivity index (χ4v) is 1.63. The Morgan fingerprint density at radius 3 is 2.40 bits per heavy atom. The Labute approximate surface area is 89.0 Å². The Kier molecular flexibility index (Phi) is 2.34.